The molecule has 2 aromatic carbocycles. The summed E-state index contributed by atoms with van der Waals surface area (Å²) in [7, 11) is 3.96. The second kappa shape index (κ2) is 9.80. The van der Waals surface area contributed by atoms with Gasteiger partial charge in [-0.3, -0.25) is 9.78 Å². The highest BCUT2D eigenvalue weighted by atomic mass is 16.1. The first-order chi connectivity index (χ1) is 14.0. The molecule has 150 valence electrons. The zero-order valence-corrected chi connectivity index (χ0v) is 17.1. The molecular formula is C23H27N5O. The van der Waals surface area contributed by atoms with E-state index in [9.17, 15) is 4.79 Å². The van der Waals surface area contributed by atoms with Gasteiger partial charge in [0.1, 0.15) is 5.82 Å². The molecule has 0 aliphatic carbocycles. The molecule has 6 heteroatoms. The van der Waals surface area contributed by atoms with Crippen molar-refractivity contribution in [3.05, 3.63) is 78.1 Å². The fourth-order valence-corrected chi connectivity index (χ4v) is 2.91. The van der Waals surface area contributed by atoms with Gasteiger partial charge in [-0.15, -0.1) is 0 Å². The zero-order chi connectivity index (χ0) is 20.6. The van der Waals surface area contributed by atoms with Crippen molar-refractivity contribution < 1.29 is 4.79 Å². The van der Waals surface area contributed by atoms with Gasteiger partial charge in [-0.25, -0.2) is 4.98 Å². The second-order valence-electron chi connectivity index (χ2n) is 7.20. The van der Waals surface area contributed by atoms with Crippen molar-refractivity contribution in [3.8, 4) is 11.3 Å². The number of likely N-dealkylation sites (N-methyl/N-ethyl adjacent to an activating group) is 1. The van der Waals surface area contributed by atoms with Crippen LogP contribution in [0.3, 0.4) is 0 Å². The highest BCUT2D eigenvalue weighted by Gasteiger charge is 2.09. The molecule has 1 aromatic heterocycles. The molecule has 1 amide bonds. The number of aromatic nitrogens is 2. The van der Waals surface area contributed by atoms with Crippen LogP contribution in [0.15, 0.2) is 67.0 Å². The highest BCUT2D eigenvalue weighted by molar-refractivity contribution is 5.94. The summed E-state index contributed by atoms with van der Waals surface area (Å²) in [5.41, 5.74) is 3.49. The number of hydrogen-bond acceptors (Lipinski definition) is 5. The molecule has 0 spiro atoms. The maximum absolute atomic E-state index is 12.2. The van der Waals surface area contributed by atoms with Gasteiger partial charge in [-0.2, -0.15) is 0 Å². The van der Waals surface area contributed by atoms with Crippen LogP contribution in [0.25, 0.3) is 11.3 Å². The summed E-state index contributed by atoms with van der Waals surface area (Å²) in [6.45, 7) is 3.51. The second-order valence-corrected chi connectivity index (χ2v) is 7.20. The SMILES string of the molecule is CC(Nc1cncc(-c2ccc(C(=O)NCCN(C)C)cc2)n1)c1ccccc1. The smallest absolute Gasteiger partial charge is 0.251 e. The van der Waals surface area contributed by atoms with Gasteiger partial charge in [0.2, 0.25) is 0 Å². The van der Waals surface area contributed by atoms with Crippen molar-refractivity contribution in [2.24, 2.45) is 0 Å². The molecule has 0 fully saturated rings. The van der Waals surface area contributed by atoms with Gasteiger partial charge in [0, 0.05) is 30.3 Å². The molecule has 3 aromatic rings. The lowest BCUT2D eigenvalue weighted by Gasteiger charge is -2.15. The number of benzene rings is 2. The number of carbonyl (C=O) groups is 1. The Labute approximate surface area is 172 Å². The Balaban J connectivity index is 1.66. The van der Waals surface area contributed by atoms with Crippen molar-refractivity contribution in [2.75, 3.05) is 32.5 Å². The van der Waals surface area contributed by atoms with Gasteiger partial charge in [-0.05, 0) is 38.7 Å². The fourth-order valence-electron chi connectivity index (χ4n) is 2.91. The van der Waals surface area contributed by atoms with E-state index in [1.165, 1.54) is 5.56 Å². The first kappa shape index (κ1) is 20.5. The van der Waals surface area contributed by atoms with Crippen molar-refractivity contribution in [2.45, 2.75) is 13.0 Å². The minimum atomic E-state index is -0.0726. The van der Waals surface area contributed by atoms with Crippen LogP contribution >= 0.6 is 0 Å². The summed E-state index contributed by atoms with van der Waals surface area (Å²) in [6, 6.07) is 17.8. The zero-order valence-electron chi connectivity index (χ0n) is 17.1. The Morgan fingerprint density at radius 3 is 2.45 bits per heavy atom. The van der Waals surface area contributed by atoms with E-state index < -0.39 is 0 Å². The number of nitrogens with one attached hydrogen (secondary N) is 2. The summed E-state index contributed by atoms with van der Waals surface area (Å²) < 4.78 is 0. The van der Waals surface area contributed by atoms with E-state index in [-0.39, 0.29) is 11.9 Å². The molecule has 0 radical (unpaired) electrons. The number of carbonyl (C=O) groups excluding carboxylic acids is 1. The van der Waals surface area contributed by atoms with Crippen LogP contribution in [-0.2, 0) is 0 Å². The van der Waals surface area contributed by atoms with Crippen LogP contribution in [0.5, 0.6) is 0 Å². The maximum atomic E-state index is 12.2. The molecule has 1 heterocycles. The molecule has 1 atom stereocenters. The lowest BCUT2D eigenvalue weighted by atomic mass is 10.1. The molecule has 3 rings (SSSR count). The largest absolute Gasteiger partial charge is 0.362 e. The average Bonchev–Trinajstić information content (AvgIpc) is 2.74. The molecule has 0 saturated heterocycles. The molecule has 6 nitrogen and oxygen atoms in total. The summed E-state index contributed by atoms with van der Waals surface area (Å²) in [6.07, 6.45) is 3.44. The van der Waals surface area contributed by atoms with Gasteiger partial charge in [0.05, 0.1) is 18.1 Å². The Morgan fingerprint density at radius 1 is 1.03 bits per heavy atom. The first-order valence-corrected chi connectivity index (χ1v) is 9.70. The average molecular weight is 390 g/mol. The van der Waals surface area contributed by atoms with E-state index >= 15 is 0 Å². The van der Waals surface area contributed by atoms with E-state index in [2.05, 4.69) is 39.7 Å². The lowest BCUT2D eigenvalue weighted by Crippen LogP contribution is -2.31. The Morgan fingerprint density at radius 2 is 1.76 bits per heavy atom. The van der Waals surface area contributed by atoms with Gasteiger partial charge in [0.15, 0.2) is 0 Å². The predicted molar refractivity (Wildman–Crippen MR) is 117 cm³/mol. The van der Waals surface area contributed by atoms with Crippen molar-refractivity contribution in [1.82, 2.24) is 20.2 Å². The lowest BCUT2D eigenvalue weighted by molar-refractivity contribution is 0.0951. The minimum Gasteiger partial charge on any atom is -0.362 e. The van der Waals surface area contributed by atoms with Gasteiger partial charge in [-0.1, -0.05) is 42.5 Å². The maximum Gasteiger partial charge on any atom is 0.251 e. The highest BCUT2D eigenvalue weighted by Crippen LogP contribution is 2.21. The summed E-state index contributed by atoms with van der Waals surface area (Å²) in [5.74, 6) is 0.640. The summed E-state index contributed by atoms with van der Waals surface area (Å²) >= 11 is 0. The minimum absolute atomic E-state index is 0.0726. The third-order valence-corrected chi connectivity index (χ3v) is 4.59. The number of anilines is 1. The number of rotatable bonds is 8. The van der Waals surface area contributed by atoms with Crippen LogP contribution in [0.2, 0.25) is 0 Å². The Bertz CT molecular complexity index is 926. The summed E-state index contributed by atoms with van der Waals surface area (Å²) in [5, 5.41) is 6.31. The van der Waals surface area contributed by atoms with E-state index in [1.54, 1.807) is 12.4 Å². The monoisotopic (exact) mass is 389 g/mol. The third kappa shape index (κ3) is 5.86. The molecule has 0 saturated carbocycles. The van der Waals surface area contributed by atoms with Gasteiger partial charge < -0.3 is 15.5 Å². The summed E-state index contributed by atoms with van der Waals surface area (Å²) in [4.78, 5) is 23.2. The van der Waals surface area contributed by atoms with Gasteiger partial charge >= 0.3 is 0 Å². The Hall–Kier alpha value is -3.25. The molecule has 0 aliphatic heterocycles. The van der Waals surface area contributed by atoms with Crippen LogP contribution in [0, 0.1) is 0 Å². The molecule has 29 heavy (non-hydrogen) atoms. The van der Waals surface area contributed by atoms with Crippen molar-refractivity contribution in [3.63, 3.8) is 0 Å². The number of amides is 1. The fraction of sp³-hybridized carbons (Fsp3) is 0.261. The van der Waals surface area contributed by atoms with Crippen molar-refractivity contribution in [1.29, 1.82) is 0 Å². The predicted octanol–water partition coefficient (Wildman–Crippen LogP) is 3.61. The molecule has 1 unspecified atom stereocenters. The molecular weight excluding hydrogens is 362 g/mol. The molecule has 0 aliphatic rings. The van der Waals surface area contributed by atoms with Gasteiger partial charge in [0.25, 0.3) is 5.91 Å². The van der Waals surface area contributed by atoms with E-state index in [0.717, 1.165) is 17.8 Å². The number of nitrogens with zero attached hydrogens (tertiary/aromatic N) is 3. The van der Waals surface area contributed by atoms with E-state index in [1.807, 2.05) is 61.5 Å². The van der Waals surface area contributed by atoms with Crippen LogP contribution in [0.1, 0.15) is 28.9 Å². The van der Waals surface area contributed by atoms with Crippen LogP contribution < -0.4 is 10.6 Å². The van der Waals surface area contributed by atoms with E-state index in [4.69, 9.17) is 0 Å². The van der Waals surface area contributed by atoms with Crippen molar-refractivity contribution >= 4 is 11.7 Å². The first-order valence-electron chi connectivity index (χ1n) is 9.70. The van der Waals surface area contributed by atoms with Crippen LogP contribution in [0.4, 0.5) is 5.82 Å². The molecule has 0 bridgehead atoms. The Kier molecular flexibility index (Phi) is 6.92. The third-order valence-electron chi connectivity index (χ3n) is 4.59. The normalized spacial score (nSPS) is 11.9. The molecule has 2 N–H and O–H groups in total. The van der Waals surface area contributed by atoms with Crippen LogP contribution in [-0.4, -0.2) is 48.0 Å². The standard InChI is InChI=1S/C23H27N5O/c1-17(18-7-5-4-6-8-18)26-22-16-24-15-21(27-22)19-9-11-20(12-10-19)23(29)25-13-14-28(2)3/h4-12,15-17H,13-14H2,1-3H3,(H,25,29)(H,26,27). The number of hydrogen-bond donors (Lipinski definition) is 2. The quantitative estimate of drug-likeness (QED) is 0.616. The topological polar surface area (TPSA) is 70.2 Å². The van der Waals surface area contributed by atoms with E-state index in [0.29, 0.717) is 17.9 Å².